The van der Waals surface area contributed by atoms with Crippen LogP contribution in [0.1, 0.15) is 12.5 Å². The van der Waals surface area contributed by atoms with Crippen molar-refractivity contribution < 1.29 is 9.13 Å². The van der Waals surface area contributed by atoms with Crippen molar-refractivity contribution in [1.82, 2.24) is 4.98 Å². The van der Waals surface area contributed by atoms with E-state index in [1.54, 1.807) is 12.1 Å². The first-order valence-corrected chi connectivity index (χ1v) is 8.23. The van der Waals surface area contributed by atoms with Gasteiger partial charge in [-0.25, -0.2) is 9.37 Å². The highest BCUT2D eigenvalue weighted by Gasteiger charge is 2.10. The minimum Gasteiger partial charge on any atom is -0.497 e. The Morgan fingerprint density at radius 1 is 1.17 bits per heavy atom. The number of ether oxygens (including phenoxy) is 1. The lowest BCUT2D eigenvalue weighted by molar-refractivity contribution is 0.411. The number of hydrogen-bond acceptors (Lipinski definition) is 4. The molecule has 5 heteroatoms. The summed E-state index contributed by atoms with van der Waals surface area (Å²) in [6, 6.07) is 13.0. The zero-order valence-electron chi connectivity index (χ0n) is 13.0. The van der Waals surface area contributed by atoms with Crippen LogP contribution in [0.15, 0.2) is 47.8 Å². The number of nitrogens with one attached hydrogen (secondary N) is 1. The van der Waals surface area contributed by atoms with Gasteiger partial charge in [-0.1, -0.05) is 19.1 Å². The molecule has 0 aliphatic carbocycles. The first-order valence-electron chi connectivity index (χ1n) is 7.35. The van der Waals surface area contributed by atoms with Crippen molar-refractivity contribution in [2.75, 3.05) is 12.4 Å². The summed E-state index contributed by atoms with van der Waals surface area (Å²) in [6.45, 7) is 2.12. The fourth-order valence-corrected chi connectivity index (χ4v) is 2.96. The summed E-state index contributed by atoms with van der Waals surface area (Å²) in [4.78, 5) is 4.46. The molecule has 0 saturated heterocycles. The van der Waals surface area contributed by atoms with Crippen molar-refractivity contribution in [2.24, 2.45) is 0 Å². The van der Waals surface area contributed by atoms with Crippen LogP contribution < -0.4 is 10.1 Å². The number of benzene rings is 2. The molecule has 118 valence electrons. The zero-order valence-corrected chi connectivity index (χ0v) is 13.8. The van der Waals surface area contributed by atoms with Gasteiger partial charge in [0.05, 0.1) is 12.8 Å². The number of aryl methyl sites for hydroxylation is 1. The van der Waals surface area contributed by atoms with E-state index >= 15 is 0 Å². The lowest BCUT2D eigenvalue weighted by atomic mass is 10.1. The average Bonchev–Trinajstić information content (AvgIpc) is 3.03. The summed E-state index contributed by atoms with van der Waals surface area (Å²) < 4.78 is 19.1. The van der Waals surface area contributed by atoms with E-state index in [0.29, 0.717) is 17.0 Å². The Balaban J connectivity index is 1.79. The third-order valence-electron chi connectivity index (χ3n) is 3.57. The van der Waals surface area contributed by atoms with Crippen molar-refractivity contribution in [1.29, 1.82) is 0 Å². The van der Waals surface area contributed by atoms with Crippen molar-refractivity contribution in [3.63, 3.8) is 0 Å². The second-order valence-electron chi connectivity index (χ2n) is 5.06. The van der Waals surface area contributed by atoms with Crippen LogP contribution in [0.4, 0.5) is 15.2 Å². The maximum Gasteiger partial charge on any atom is 0.187 e. The highest BCUT2D eigenvalue weighted by Crippen LogP contribution is 2.30. The molecule has 0 fully saturated rings. The normalized spacial score (nSPS) is 10.6. The predicted molar refractivity (Wildman–Crippen MR) is 93.2 cm³/mol. The van der Waals surface area contributed by atoms with Crippen molar-refractivity contribution in [3.8, 4) is 17.0 Å². The third kappa shape index (κ3) is 3.51. The summed E-state index contributed by atoms with van der Waals surface area (Å²) in [5.74, 6) is 0.157. The predicted octanol–water partition coefficient (Wildman–Crippen LogP) is 5.26. The van der Waals surface area contributed by atoms with Gasteiger partial charge in [0.2, 0.25) is 0 Å². The van der Waals surface area contributed by atoms with E-state index in [-0.39, 0.29) is 5.82 Å². The zero-order chi connectivity index (χ0) is 16.2. The third-order valence-corrected chi connectivity index (χ3v) is 4.33. The molecule has 1 N–H and O–H groups in total. The molecule has 0 spiro atoms. The van der Waals surface area contributed by atoms with Gasteiger partial charge in [0.15, 0.2) is 5.13 Å². The Labute approximate surface area is 138 Å². The Bertz CT molecular complexity index is 799. The van der Waals surface area contributed by atoms with Crippen LogP contribution in [0.5, 0.6) is 5.75 Å². The summed E-state index contributed by atoms with van der Waals surface area (Å²) in [7, 11) is 1.52. The monoisotopic (exact) mass is 328 g/mol. The van der Waals surface area contributed by atoms with E-state index in [0.717, 1.165) is 17.2 Å². The molecule has 3 nitrogen and oxygen atoms in total. The second-order valence-corrected chi connectivity index (χ2v) is 5.92. The molecule has 23 heavy (non-hydrogen) atoms. The molecule has 3 rings (SSSR count). The molecule has 3 aromatic rings. The van der Waals surface area contributed by atoms with E-state index in [1.165, 1.54) is 30.1 Å². The highest BCUT2D eigenvalue weighted by molar-refractivity contribution is 7.14. The summed E-state index contributed by atoms with van der Waals surface area (Å²) >= 11 is 1.45. The lowest BCUT2D eigenvalue weighted by Crippen LogP contribution is -1.91. The van der Waals surface area contributed by atoms with E-state index in [2.05, 4.69) is 29.4 Å². The van der Waals surface area contributed by atoms with E-state index in [4.69, 9.17) is 4.74 Å². The maximum absolute atomic E-state index is 14.1. The van der Waals surface area contributed by atoms with Gasteiger partial charge in [0.25, 0.3) is 0 Å². The number of halogens is 1. The molecule has 0 bridgehead atoms. The smallest absolute Gasteiger partial charge is 0.187 e. The lowest BCUT2D eigenvalue weighted by Gasteiger charge is -2.04. The van der Waals surface area contributed by atoms with Crippen molar-refractivity contribution in [3.05, 3.63) is 59.2 Å². The van der Waals surface area contributed by atoms with Gasteiger partial charge >= 0.3 is 0 Å². The van der Waals surface area contributed by atoms with Crippen LogP contribution in [-0.2, 0) is 6.42 Å². The van der Waals surface area contributed by atoms with Gasteiger partial charge in [-0.15, -0.1) is 11.3 Å². The standard InChI is InChI=1S/C18H17FN2OS/c1-3-12-4-6-13(7-5-12)20-18-21-17(11-23-18)15-9-8-14(22-2)10-16(15)19/h4-11H,3H2,1-2H3,(H,20,21). The molecule has 0 amide bonds. The molecule has 0 aliphatic heterocycles. The topological polar surface area (TPSA) is 34.2 Å². The van der Waals surface area contributed by atoms with Crippen molar-refractivity contribution in [2.45, 2.75) is 13.3 Å². The van der Waals surface area contributed by atoms with Gasteiger partial charge in [-0.2, -0.15) is 0 Å². The molecule has 0 aliphatic rings. The number of nitrogens with zero attached hydrogens (tertiary/aromatic N) is 1. The van der Waals surface area contributed by atoms with Crippen LogP contribution in [0.2, 0.25) is 0 Å². The molecule has 0 radical (unpaired) electrons. The summed E-state index contributed by atoms with van der Waals surface area (Å²) in [5, 5.41) is 5.82. The summed E-state index contributed by atoms with van der Waals surface area (Å²) in [6.07, 6.45) is 1.01. The Hall–Kier alpha value is -2.40. The summed E-state index contributed by atoms with van der Waals surface area (Å²) in [5.41, 5.74) is 3.34. The van der Waals surface area contributed by atoms with Crippen LogP contribution >= 0.6 is 11.3 Å². The Kier molecular flexibility index (Phi) is 4.57. The van der Waals surface area contributed by atoms with Gasteiger partial charge < -0.3 is 10.1 Å². The van der Waals surface area contributed by atoms with Crippen LogP contribution in [0.3, 0.4) is 0 Å². The molecule has 1 aromatic heterocycles. The fraction of sp³-hybridized carbons (Fsp3) is 0.167. The molecule has 1 heterocycles. The van der Waals surface area contributed by atoms with Gasteiger partial charge in [-0.3, -0.25) is 0 Å². The minimum absolute atomic E-state index is 0.339. The number of hydrogen-bond donors (Lipinski definition) is 1. The highest BCUT2D eigenvalue weighted by atomic mass is 32.1. The number of thiazole rings is 1. The molecule has 2 aromatic carbocycles. The van der Waals surface area contributed by atoms with Crippen LogP contribution in [0.25, 0.3) is 11.3 Å². The Morgan fingerprint density at radius 2 is 1.96 bits per heavy atom. The maximum atomic E-state index is 14.1. The molecular weight excluding hydrogens is 311 g/mol. The molecule has 0 saturated carbocycles. The van der Waals surface area contributed by atoms with Gasteiger partial charge in [0.1, 0.15) is 11.6 Å². The van der Waals surface area contributed by atoms with E-state index in [1.807, 2.05) is 17.5 Å². The molecule has 0 unspecified atom stereocenters. The molecule has 0 atom stereocenters. The minimum atomic E-state index is -0.339. The SMILES string of the molecule is CCc1ccc(Nc2nc(-c3ccc(OC)cc3F)cs2)cc1. The average molecular weight is 328 g/mol. The van der Waals surface area contributed by atoms with Crippen LogP contribution in [-0.4, -0.2) is 12.1 Å². The molecular formula is C18H17FN2OS. The number of rotatable bonds is 5. The second kappa shape index (κ2) is 6.79. The largest absolute Gasteiger partial charge is 0.497 e. The quantitative estimate of drug-likeness (QED) is 0.693. The number of anilines is 2. The van der Waals surface area contributed by atoms with Crippen molar-refractivity contribution >= 4 is 22.2 Å². The van der Waals surface area contributed by atoms with E-state index < -0.39 is 0 Å². The van der Waals surface area contributed by atoms with E-state index in [9.17, 15) is 4.39 Å². The first-order chi connectivity index (χ1) is 11.2. The number of aromatic nitrogens is 1. The van der Waals surface area contributed by atoms with Gasteiger partial charge in [-0.05, 0) is 36.2 Å². The van der Waals surface area contributed by atoms with Crippen LogP contribution in [0, 0.1) is 5.82 Å². The fourth-order valence-electron chi connectivity index (χ4n) is 2.23. The number of methoxy groups -OCH3 is 1. The Morgan fingerprint density at radius 3 is 2.61 bits per heavy atom. The first kappa shape index (κ1) is 15.5. The van der Waals surface area contributed by atoms with Gasteiger partial charge in [0, 0.05) is 22.7 Å².